The lowest BCUT2D eigenvalue weighted by Crippen LogP contribution is -1.96. The van der Waals surface area contributed by atoms with Crippen LogP contribution < -0.4 is 0 Å². The maximum Gasteiger partial charge on any atom is 0.145 e. The molecule has 9 heavy (non-hydrogen) atoms. The van der Waals surface area contributed by atoms with Crippen molar-refractivity contribution in [3.8, 4) is 0 Å². The highest BCUT2D eigenvalue weighted by atomic mass is 16.5. The highest BCUT2D eigenvalue weighted by molar-refractivity contribution is 5.64. The highest BCUT2D eigenvalue weighted by Gasteiger charge is 1.88. The minimum absolute atomic E-state index is 0.515. The van der Waals surface area contributed by atoms with Crippen molar-refractivity contribution in [1.82, 2.24) is 0 Å². The van der Waals surface area contributed by atoms with Gasteiger partial charge in [0.1, 0.15) is 6.29 Å². The smallest absolute Gasteiger partial charge is 0.145 e. The Kier molecular flexibility index (Phi) is 4.88. The molecule has 0 aromatic carbocycles. The van der Waals surface area contributed by atoms with E-state index in [0.717, 1.165) is 0 Å². The number of hydrogen-bond acceptors (Lipinski definition) is 2. The van der Waals surface area contributed by atoms with Crippen molar-refractivity contribution >= 4 is 6.29 Å². The first-order valence-electron chi connectivity index (χ1n) is 2.99. The summed E-state index contributed by atoms with van der Waals surface area (Å²) in [6.07, 6.45) is 3.44. The number of carbonyl (C=O) groups excluding carboxylic acids is 1. The van der Waals surface area contributed by atoms with Crippen LogP contribution >= 0.6 is 0 Å². The minimum Gasteiger partial charge on any atom is -0.501 e. The normalized spacial score (nSPS) is 10.6. The van der Waals surface area contributed by atoms with E-state index in [0.29, 0.717) is 18.8 Å². The molecule has 0 aromatic rings. The van der Waals surface area contributed by atoms with Crippen LogP contribution in [0.1, 0.15) is 13.8 Å². The first kappa shape index (κ1) is 8.21. The predicted octanol–water partition coefficient (Wildman–Crippen LogP) is 1.37. The first-order valence-corrected chi connectivity index (χ1v) is 2.99. The summed E-state index contributed by atoms with van der Waals surface area (Å²) < 4.78 is 4.92. The molecular formula is C7H12O2. The molecule has 2 nitrogen and oxygen atoms in total. The summed E-state index contributed by atoms with van der Waals surface area (Å²) in [5.74, 6) is 0.515. The molecule has 0 bridgehead atoms. The predicted molar refractivity (Wildman–Crippen MR) is 36.0 cm³/mol. The summed E-state index contributed by atoms with van der Waals surface area (Å²) in [4.78, 5) is 9.68. The zero-order chi connectivity index (χ0) is 7.11. The molecule has 0 fully saturated rings. The summed E-state index contributed by atoms with van der Waals surface area (Å²) in [5.41, 5.74) is 0. The second-order valence-corrected chi connectivity index (χ2v) is 2.19. The fourth-order valence-corrected chi connectivity index (χ4v) is 0.336. The van der Waals surface area contributed by atoms with Gasteiger partial charge < -0.3 is 4.74 Å². The van der Waals surface area contributed by atoms with E-state index < -0.39 is 0 Å². The molecule has 0 radical (unpaired) electrons. The molecule has 0 amide bonds. The van der Waals surface area contributed by atoms with Crippen molar-refractivity contribution in [3.05, 3.63) is 12.3 Å². The SMILES string of the molecule is CC(C)CO/C=C\C=O. The van der Waals surface area contributed by atoms with Crippen molar-refractivity contribution in [2.45, 2.75) is 13.8 Å². The van der Waals surface area contributed by atoms with Gasteiger partial charge in [-0.05, 0) is 5.92 Å². The summed E-state index contributed by atoms with van der Waals surface area (Å²) >= 11 is 0. The molecule has 2 heteroatoms. The van der Waals surface area contributed by atoms with Crippen LogP contribution in [0.25, 0.3) is 0 Å². The molecule has 0 spiro atoms. The van der Waals surface area contributed by atoms with E-state index in [9.17, 15) is 4.79 Å². The molecule has 0 aromatic heterocycles. The Morgan fingerprint density at radius 1 is 1.56 bits per heavy atom. The molecule has 0 atom stereocenters. The van der Waals surface area contributed by atoms with Crippen LogP contribution in [0.3, 0.4) is 0 Å². The molecule has 0 unspecified atom stereocenters. The van der Waals surface area contributed by atoms with Crippen molar-refractivity contribution in [2.24, 2.45) is 5.92 Å². The summed E-state index contributed by atoms with van der Waals surface area (Å²) in [5, 5.41) is 0. The monoisotopic (exact) mass is 128 g/mol. The van der Waals surface area contributed by atoms with Gasteiger partial charge in [0.15, 0.2) is 0 Å². The van der Waals surface area contributed by atoms with Crippen molar-refractivity contribution in [2.75, 3.05) is 6.61 Å². The van der Waals surface area contributed by atoms with Crippen LogP contribution in [0.5, 0.6) is 0 Å². The number of hydrogen-bond donors (Lipinski definition) is 0. The summed E-state index contributed by atoms with van der Waals surface area (Å²) in [6, 6.07) is 0. The number of aldehydes is 1. The van der Waals surface area contributed by atoms with Gasteiger partial charge in [0, 0.05) is 6.08 Å². The molecule has 0 saturated heterocycles. The number of carbonyl (C=O) groups is 1. The van der Waals surface area contributed by atoms with E-state index >= 15 is 0 Å². The maximum absolute atomic E-state index is 9.68. The Morgan fingerprint density at radius 2 is 2.22 bits per heavy atom. The Balaban J connectivity index is 3.08. The largest absolute Gasteiger partial charge is 0.501 e. The zero-order valence-corrected chi connectivity index (χ0v) is 5.83. The van der Waals surface area contributed by atoms with Crippen LogP contribution in [-0.4, -0.2) is 12.9 Å². The second kappa shape index (κ2) is 5.35. The summed E-state index contributed by atoms with van der Waals surface area (Å²) in [7, 11) is 0. The fraction of sp³-hybridized carbons (Fsp3) is 0.571. The highest BCUT2D eigenvalue weighted by Crippen LogP contribution is 1.91. The standard InChI is InChI=1S/C7H12O2/c1-7(2)6-9-5-3-4-8/h3-5,7H,6H2,1-2H3/b5-3-. The molecular weight excluding hydrogens is 116 g/mol. The zero-order valence-electron chi connectivity index (χ0n) is 5.83. The molecule has 0 aliphatic carbocycles. The third-order valence-electron chi connectivity index (χ3n) is 0.683. The molecule has 0 saturated carbocycles. The van der Waals surface area contributed by atoms with Gasteiger partial charge in [-0.25, -0.2) is 0 Å². The van der Waals surface area contributed by atoms with Gasteiger partial charge in [-0.2, -0.15) is 0 Å². The van der Waals surface area contributed by atoms with Gasteiger partial charge in [0.05, 0.1) is 12.9 Å². The molecule has 0 rings (SSSR count). The van der Waals surface area contributed by atoms with E-state index in [4.69, 9.17) is 4.74 Å². The molecule has 0 heterocycles. The van der Waals surface area contributed by atoms with E-state index in [-0.39, 0.29) is 0 Å². The van der Waals surface area contributed by atoms with Crippen molar-refractivity contribution in [3.63, 3.8) is 0 Å². The molecule has 0 aliphatic heterocycles. The van der Waals surface area contributed by atoms with Gasteiger partial charge in [-0.15, -0.1) is 0 Å². The lowest BCUT2D eigenvalue weighted by Gasteiger charge is -2.01. The van der Waals surface area contributed by atoms with Gasteiger partial charge in [0.2, 0.25) is 0 Å². The lowest BCUT2D eigenvalue weighted by atomic mass is 10.2. The first-order chi connectivity index (χ1) is 4.27. The lowest BCUT2D eigenvalue weighted by molar-refractivity contribution is -0.104. The van der Waals surface area contributed by atoms with Gasteiger partial charge in [-0.1, -0.05) is 13.8 Å². The van der Waals surface area contributed by atoms with Gasteiger partial charge >= 0.3 is 0 Å². The van der Waals surface area contributed by atoms with Crippen LogP contribution in [0.2, 0.25) is 0 Å². The molecule has 52 valence electrons. The number of allylic oxidation sites excluding steroid dienone is 1. The van der Waals surface area contributed by atoms with Crippen molar-refractivity contribution in [1.29, 1.82) is 0 Å². The van der Waals surface area contributed by atoms with Gasteiger partial charge in [0.25, 0.3) is 0 Å². The molecule has 0 aliphatic rings. The Hall–Kier alpha value is -0.790. The average Bonchev–Trinajstić information content (AvgIpc) is 1.80. The van der Waals surface area contributed by atoms with E-state index in [1.165, 1.54) is 12.3 Å². The Labute approximate surface area is 55.5 Å². The average molecular weight is 128 g/mol. The molecule has 0 N–H and O–H groups in total. The topological polar surface area (TPSA) is 26.3 Å². The van der Waals surface area contributed by atoms with E-state index in [2.05, 4.69) is 13.8 Å². The quantitative estimate of drug-likeness (QED) is 0.325. The fourth-order valence-electron chi connectivity index (χ4n) is 0.336. The number of ether oxygens (including phenoxy) is 1. The second-order valence-electron chi connectivity index (χ2n) is 2.19. The van der Waals surface area contributed by atoms with Crippen LogP contribution in [0.4, 0.5) is 0 Å². The Bertz CT molecular complexity index is 95.1. The van der Waals surface area contributed by atoms with Crippen LogP contribution in [0, 0.1) is 5.92 Å². The Morgan fingerprint density at radius 3 is 2.67 bits per heavy atom. The summed E-state index contributed by atoms with van der Waals surface area (Å²) in [6.45, 7) is 4.77. The van der Waals surface area contributed by atoms with Gasteiger partial charge in [-0.3, -0.25) is 4.79 Å². The van der Waals surface area contributed by atoms with E-state index in [1.807, 2.05) is 0 Å². The minimum atomic E-state index is 0.515. The van der Waals surface area contributed by atoms with Crippen LogP contribution in [-0.2, 0) is 9.53 Å². The third-order valence-corrected chi connectivity index (χ3v) is 0.683. The van der Waals surface area contributed by atoms with Crippen LogP contribution in [0.15, 0.2) is 12.3 Å². The van der Waals surface area contributed by atoms with Crippen molar-refractivity contribution < 1.29 is 9.53 Å². The third kappa shape index (κ3) is 7.21. The maximum atomic E-state index is 9.68. The van der Waals surface area contributed by atoms with E-state index in [1.54, 1.807) is 0 Å². The number of rotatable bonds is 4.